The van der Waals surface area contributed by atoms with Crippen LogP contribution < -0.4 is 4.74 Å². The highest BCUT2D eigenvalue weighted by Gasteiger charge is 2.18. The topological polar surface area (TPSA) is 35.5 Å². The smallest absolute Gasteiger partial charge is 0.429 e. The Morgan fingerprint density at radius 2 is 1.58 bits per heavy atom. The van der Waals surface area contributed by atoms with Gasteiger partial charge < -0.3 is 9.47 Å². The van der Waals surface area contributed by atoms with E-state index in [9.17, 15) is 4.79 Å². The second-order valence-corrected chi connectivity index (χ2v) is 13.1. The molecule has 0 radical (unpaired) electrons. The lowest BCUT2D eigenvalue weighted by Gasteiger charge is -2.20. The summed E-state index contributed by atoms with van der Waals surface area (Å²) in [4.78, 5) is 12.1. The Morgan fingerprint density at radius 3 is 2.31 bits per heavy atom. The SMILES string of the molecule is C[Si](C)(C)Cc1ccc2ccccc2c1COC(=O)Oc1ccccc1. The predicted molar refractivity (Wildman–Crippen MR) is 108 cm³/mol. The number of carbonyl (C=O) groups excluding carboxylic acids is 1. The van der Waals surface area contributed by atoms with Crippen LogP contribution in [-0.2, 0) is 17.4 Å². The summed E-state index contributed by atoms with van der Waals surface area (Å²) in [5.41, 5.74) is 2.34. The predicted octanol–water partition coefficient (Wildman–Crippen LogP) is 5.98. The molecule has 3 rings (SSSR count). The summed E-state index contributed by atoms with van der Waals surface area (Å²) in [6, 6.07) is 22.6. The van der Waals surface area contributed by atoms with Crippen molar-refractivity contribution in [3.63, 3.8) is 0 Å². The summed E-state index contributed by atoms with van der Waals surface area (Å²) in [6.07, 6.45) is -0.678. The van der Waals surface area contributed by atoms with Gasteiger partial charge >= 0.3 is 6.16 Å². The Kier molecular flexibility index (Phi) is 5.42. The molecule has 0 saturated heterocycles. The van der Waals surface area contributed by atoms with Gasteiger partial charge in [0.2, 0.25) is 0 Å². The van der Waals surface area contributed by atoms with Crippen LogP contribution in [0.5, 0.6) is 5.75 Å². The van der Waals surface area contributed by atoms with E-state index in [-0.39, 0.29) is 6.61 Å². The van der Waals surface area contributed by atoms with Gasteiger partial charge in [-0.15, -0.1) is 0 Å². The van der Waals surface area contributed by atoms with Crippen molar-refractivity contribution in [1.82, 2.24) is 0 Å². The van der Waals surface area contributed by atoms with E-state index in [1.165, 1.54) is 5.56 Å². The largest absolute Gasteiger partial charge is 0.514 e. The van der Waals surface area contributed by atoms with Crippen LogP contribution in [0.3, 0.4) is 0 Å². The molecule has 3 aromatic rings. The van der Waals surface area contributed by atoms with Gasteiger partial charge in [0.05, 0.1) is 0 Å². The fourth-order valence-corrected chi connectivity index (χ4v) is 4.51. The number of fused-ring (bicyclic) bond motifs is 1. The summed E-state index contributed by atoms with van der Waals surface area (Å²) in [7, 11) is -1.31. The number of benzene rings is 3. The average molecular weight is 365 g/mol. The second-order valence-electron chi connectivity index (χ2n) is 7.62. The summed E-state index contributed by atoms with van der Waals surface area (Å²) in [6.45, 7) is 7.25. The van der Waals surface area contributed by atoms with Crippen molar-refractivity contribution in [1.29, 1.82) is 0 Å². The zero-order chi connectivity index (χ0) is 18.6. The van der Waals surface area contributed by atoms with Crippen molar-refractivity contribution in [3.8, 4) is 5.75 Å². The highest BCUT2D eigenvalue weighted by atomic mass is 28.3. The molecule has 0 atom stereocenters. The van der Waals surface area contributed by atoms with E-state index in [1.54, 1.807) is 12.1 Å². The van der Waals surface area contributed by atoms with Gasteiger partial charge in [-0.2, -0.15) is 0 Å². The number of rotatable bonds is 5. The lowest BCUT2D eigenvalue weighted by Crippen LogP contribution is -2.25. The molecule has 0 N–H and O–H groups in total. The molecular weight excluding hydrogens is 340 g/mol. The third kappa shape index (κ3) is 4.73. The first-order valence-electron chi connectivity index (χ1n) is 8.81. The van der Waals surface area contributed by atoms with Crippen LogP contribution >= 0.6 is 0 Å². The number of carbonyl (C=O) groups is 1. The quantitative estimate of drug-likeness (QED) is 0.317. The van der Waals surface area contributed by atoms with Crippen molar-refractivity contribution in [2.75, 3.05) is 0 Å². The second kappa shape index (κ2) is 7.75. The van der Waals surface area contributed by atoms with E-state index in [0.717, 1.165) is 22.4 Å². The molecule has 4 heteroatoms. The van der Waals surface area contributed by atoms with Gasteiger partial charge in [-0.25, -0.2) is 4.79 Å². The summed E-state index contributed by atoms with van der Waals surface area (Å²) >= 11 is 0. The van der Waals surface area contributed by atoms with Crippen LogP contribution in [0.2, 0.25) is 19.6 Å². The Labute approximate surface area is 155 Å². The molecule has 0 amide bonds. The first kappa shape index (κ1) is 18.2. The van der Waals surface area contributed by atoms with Gasteiger partial charge in [-0.3, -0.25) is 0 Å². The maximum atomic E-state index is 12.1. The van der Waals surface area contributed by atoms with Crippen LogP contribution in [0.15, 0.2) is 66.7 Å². The minimum Gasteiger partial charge on any atom is -0.429 e. The van der Waals surface area contributed by atoms with Crippen LogP contribution in [0.4, 0.5) is 4.79 Å². The van der Waals surface area contributed by atoms with E-state index in [0.29, 0.717) is 5.75 Å². The maximum Gasteiger partial charge on any atom is 0.514 e. The molecule has 0 fully saturated rings. The van der Waals surface area contributed by atoms with E-state index in [4.69, 9.17) is 9.47 Å². The molecule has 26 heavy (non-hydrogen) atoms. The molecule has 0 saturated carbocycles. The zero-order valence-electron chi connectivity index (χ0n) is 15.5. The van der Waals surface area contributed by atoms with Gasteiger partial charge in [0.25, 0.3) is 0 Å². The lowest BCUT2D eigenvalue weighted by molar-refractivity contribution is 0.0930. The Balaban J connectivity index is 1.83. The van der Waals surface area contributed by atoms with Gasteiger partial charge in [0.15, 0.2) is 0 Å². The Morgan fingerprint density at radius 1 is 0.885 bits per heavy atom. The van der Waals surface area contributed by atoms with Crippen molar-refractivity contribution in [3.05, 3.63) is 77.9 Å². The van der Waals surface area contributed by atoms with Crippen LogP contribution in [-0.4, -0.2) is 14.2 Å². The number of hydrogen-bond acceptors (Lipinski definition) is 3. The highest BCUT2D eigenvalue weighted by molar-refractivity contribution is 6.75. The van der Waals surface area contributed by atoms with Crippen LogP contribution in [0.1, 0.15) is 11.1 Å². The molecule has 0 unspecified atom stereocenters. The molecule has 0 aliphatic carbocycles. The highest BCUT2D eigenvalue weighted by Crippen LogP contribution is 2.26. The Bertz CT molecular complexity index is 898. The normalized spacial score (nSPS) is 11.3. The molecule has 0 aliphatic heterocycles. The Hall–Kier alpha value is -2.59. The van der Waals surface area contributed by atoms with Gasteiger partial charge in [-0.05, 0) is 34.5 Å². The van der Waals surface area contributed by atoms with Crippen molar-refractivity contribution >= 4 is 25.0 Å². The maximum absolute atomic E-state index is 12.1. The lowest BCUT2D eigenvalue weighted by atomic mass is 10.0. The number of ether oxygens (including phenoxy) is 2. The minimum atomic E-state index is -1.31. The van der Waals surface area contributed by atoms with E-state index >= 15 is 0 Å². The summed E-state index contributed by atoms with van der Waals surface area (Å²) in [5.74, 6) is 0.484. The summed E-state index contributed by atoms with van der Waals surface area (Å²) in [5, 5.41) is 2.29. The third-order valence-electron chi connectivity index (χ3n) is 4.14. The van der Waals surface area contributed by atoms with Gasteiger partial charge in [0, 0.05) is 13.6 Å². The first-order chi connectivity index (χ1) is 12.4. The van der Waals surface area contributed by atoms with Crippen LogP contribution in [0.25, 0.3) is 10.8 Å². The molecule has 3 aromatic carbocycles. The molecule has 0 heterocycles. The molecule has 0 aliphatic rings. The van der Waals surface area contributed by atoms with Gasteiger partial charge in [-0.1, -0.05) is 74.2 Å². The monoisotopic (exact) mass is 364 g/mol. The number of para-hydroxylation sites is 1. The molecule has 0 aromatic heterocycles. The van der Waals surface area contributed by atoms with E-state index < -0.39 is 14.2 Å². The fraction of sp³-hybridized carbons (Fsp3) is 0.227. The molecule has 0 spiro atoms. The molecule has 3 nitrogen and oxygen atoms in total. The van der Waals surface area contributed by atoms with Crippen molar-refractivity contribution in [2.24, 2.45) is 0 Å². The molecule has 0 bridgehead atoms. The number of hydrogen-bond donors (Lipinski definition) is 0. The summed E-state index contributed by atoms with van der Waals surface area (Å²) < 4.78 is 10.7. The molecular formula is C22H24O3Si. The zero-order valence-corrected chi connectivity index (χ0v) is 16.5. The van der Waals surface area contributed by atoms with Crippen LogP contribution in [0, 0.1) is 0 Å². The first-order valence-corrected chi connectivity index (χ1v) is 12.5. The standard InChI is InChI=1S/C22H24O3Si/c1-26(2,3)16-18-14-13-17-9-7-8-12-20(17)21(18)15-24-22(23)25-19-10-5-4-6-11-19/h4-14H,15-16H2,1-3H3. The average Bonchev–Trinajstić information content (AvgIpc) is 2.60. The van der Waals surface area contributed by atoms with E-state index in [2.05, 4.69) is 43.9 Å². The third-order valence-corrected chi connectivity index (χ3v) is 5.58. The van der Waals surface area contributed by atoms with Crippen molar-refractivity contribution < 1.29 is 14.3 Å². The minimum absolute atomic E-state index is 0.215. The molecule has 134 valence electrons. The van der Waals surface area contributed by atoms with E-state index in [1.807, 2.05) is 30.3 Å². The fourth-order valence-electron chi connectivity index (χ4n) is 3.03. The van der Waals surface area contributed by atoms with Gasteiger partial charge in [0.1, 0.15) is 12.4 Å². The van der Waals surface area contributed by atoms with Crippen molar-refractivity contribution in [2.45, 2.75) is 32.3 Å².